The molecule has 0 saturated carbocycles. The highest BCUT2D eigenvalue weighted by Crippen LogP contribution is 2.34. The molecule has 3 aliphatic heterocycles. The number of likely N-dealkylation sites (tertiary alicyclic amines) is 1. The van der Waals surface area contributed by atoms with Crippen molar-refractivity contribution in [3.63, 3.8) is 0 Å². The van der Waals surface area contributed by atoms with Crippen LogP contribution < -0.4 is 10.6 Å². The summed E-state index contributed by atoms with van der Waals surface area (Å²) in [5, 5.41) is 6.05. The van der Waals surface area contributed by atoms with Gasteiger partial charge < -0.3 is 24.8 Å². The SMILES string of the molecule is COC(=O)C1=C(CN2CCC3(CC2)OCCO3)NC(=O)N[C@@H]1c1ccccc1Cl. The number of methoxy groups -OCH3 is 1. The predicted octanol–water partition coefficient (Wildman–Crippen LogP) is 1.96. The first-order valence-electron chi connectivity index (χ1n) is 9.65. The van der Waals surface area contributed by atoms with Gasteiger partial charge in [-0.2, -0.15) is 0 Å². The summed E-state index contributed by atoms with van der Waals surface area (Å²) in [6.07, 6.45) is 1.49. The first kappa shape index (κ1) is 20.2. The Morgan fingerprint density at radius 2 is 1.97 bits per heavy atom. The van der Waals surface area contributed by atoms with Gasteiger partial charge in [-0.25, -0.2) is 9.59 Å². The molecule has 8 nitrogen and oxygen atoms in total. The zero-order valence-corrected chi connectivity index (χ0v) is 17.0. The molecule has 0 unspecified atom stereocenters. The highest BCUT2D eigenvalue weighted by atomic mass is 35.5. The molecule has 1 spiro atoms. The van der Waals surface area contributed by atoms with Gasteiger partial charge in [0, 0.05) is 43.2 Å². The first-order valence-corrected chi connectivity index (χ1v) is 10.0. The standard InChI is InChI=1S/C20H24ClN3O5/c1-27-18(25)16-15(12-24-8-6-20(7-9-24)28-10-11-29-20)22-19(26)23-17(16)13-4-2-3-5-14(13)21/h2-5,17H,6-12H2,1H3,(H2,22,23,26)/t17-/m1/s1. The molecule has 0 aromatic heterocycles. The fraction of sp³-hybridized carbons (Fsp3) is 0.500. The maximum absolute atomic E-state index is 12.7. The van der Waals surface area contributed by atoms with E-state index < -0.39 is 17.8 Å². The monoisotopic (exact) mass is 421 g/mol. The number of nitrogens with zero attached hydrogens (tertiary/aromatic N) is 1. The largest absolute Gasteiger partial charge is 0.466 e. The second-order valence-electron chi connectivity index (χ2n) is 7.32. The molecule has 29 heavy (non-hydrogen) atoms. The third-order valence-corrected chi connectivity index (χ3v) is 5.93. The van der Waals surface area contributed by atoms with Crippen LogP contribution in [0.25, 0.3) is 0 Å². The lowest BCUT2D eigenvalue weighted by atomic mass is 9.94. The zero-order chi connectivity index (χ0) is 20.4. The third-order valence-electron chi connectivity index (χ3n) is 5.59. The molecule has 1 aromatic carbocycles. The molecule has 156 valence electrons. The van der Waals surface area contributed by atoms with Crippen LogP contribution in [0.15, 0.2) is 35.5 Å². The maximum Gasteiger partial charge on any atom is 0.338 e. The number of ether oxygens (including phenoxy) is 3. The van der Waals surface area contributed by atoms with Gasteiger partial charge in [0.25, 0.3) is 0 Å². The molecule has 0 aliphatic carbocycles. The van der Waals surface area contributed by atoms with E-state index in [4.69, 9.17) is 25.8 Å². The minimum absolute atomic E-state index is 0.355. The van der Waals surface area contributed by atoms with Gasteiger partial charge in [-0.3, -0.25) is 4.90 Å². The number of esters is 1. The molecule has 9 heteroatoms. The Bertz CT molecular complexity index is 827. The zero-order valence-electron chi connectivity index (χ0n) is 16.2. The van der Waals surface area contributed by atoms with Crippen molar-refractivity contribution in [2.45, 2.75) is 24.7 Å². The lowest BCUT2D eigenvalue weighted by molar-refractivity contribution is -0.184. The van der Waals surface area contributed by atoms with Crippen LogP contribution in [-0.4, -0.2) is 62.6 Å². The van der Waals surface area contributed by atoms with E-state index in [0.29, 0.717) is 41.6 Å². The van der Waals surface area contributed by atoms with Crippen molar-refractivity contribution < 1.29 is 23.8 Å². The lowest BCUT2D eigenvalue weighted by Crippen LogP contribution is -2.51. The number of amides is 2. The van der Waals surface area contributed by atoms with Gasteiger partial charge in [0.1, 0.15) is 0 Å². The molecule has 2 saturated heterocycles. The van der Waals surface area contributed by atoms with Gasteiger partial charge in [0.05, 0.1) is 31.9 Å². The molecule has 2 N–H and O–H groups in total. The second kappa shape index (κ2) is 8.31. The smallest absolute Gasteiger partial charge is 0.338 e. The Hall–Kier alpha value is -2.13. The van der Waals surface area contributed by atoms with Crippen LogP contribution in [0, 0.1) is 0 Å². The van der Waals surface area contributed by atoms with Gasteiger partial charge in [0.15, 0.2) is 5.79 Å². The molecule has 1 atom stereocenters. The van der Waals surface area contributed by atoms with Gasteiger partial charge in [-0.1, -0.05) is 29.8 Å². The van der Waals surface area contributed by atoms with Gasteiger partial charge in [-0.05, 0) is 11.6 Å². The topological polar surface area (TPSA) is 89.1 Å². The van der Waals surface area contributed by atoms with Crippen LogP contribution in [0.3, 0.4) is 0 Å². The minimum atomic E-state index is -0.683. The van der Waals surface area contributed by atoms with Crippen molar-refractivity contribution in [3.05, 3.63) is 46.1 Å². The Kier molecular flexibility index (Phi) is 5.78. The Labute approximate surface area is 174 Å². The fourth-order valence-electron chi connectivity index (χ4n) is 4.10. The number of rotatable bonds is 4. The van der Waals surface area contributed by atoms with E-state index in [1.165, 1.54) is 7.11 Å². The summed E-state index contributed by atoms with van der Waals surface area (Å²) in [5.74, 6) is -0.985. The van der Waals surface area contributed by atoms with Gasteiger partial charge in [0.2, 0.25) is 0 Å². The number of piperidine rings is 1. The van der Waals surface area contributed by atoms with Crippen LogP contribution in [0.2, 0.25) is 5.02 Å². The van der Waals surface area contributed by atoms with E-state index in [1.54, 1.807) is 18.2 Å². The van der Waals surface area contributed by atoms with Crippen molar-refractivity contribution in [3.8, 4) is 0 Å². The summed E-state index contributed by atoms with van der Waals surface area (Å²) >= 11 is 6.34. The summed E-state index contributed by atoms with van der Waals surface area (Å²) in [5.41, 5.74) is 1.52. The molecule has 3 heterocycles. The Morgan fingerprint density at radius 3 is 2.62 bits per heavy atom. The second-order valence-corrected chi connectivity index (χ2v) is 7.73. The normalized spacial score (nSPS) is 24.3. The van der Waals surface area contributed by atoms with Gasteiger partial charge >= 0.3 is 12.0 Å². The van der Waals surface area contributed by atoms with Crippen LogP contribution in [0.5, 0.6) is 0 Å². The molecular weight excluding hydrogens is 398 g/mol. The predicted molar refractivity (Wildman–Crippen MR) is 105 cm³/mol. The van der Waals surface area contributed by atoms with E-state index >= 15 is 0 Å². The molecule has 0 bridgehead atoms. The summed E-state index contributed by atoms with van der Waals surface area (Å²) in [4.78, 5) is 27.2. The summed E-state index contributed by atoms with van der Waals surface area (Å²) < 4.78 is 16.6. The fourth-order valence-corrected chi connectivity index (χ4v) is 4.34. The van der Waals surface area contributed by atoms with Crippen molar-refractivity contribution in [1.29, 1.82) is 0 Å². The average molecular weight is 422 g/mol. The number of hydrogen-bond acceptors (Lipinski definition) is 6. The summed E-state index contributed by atoms with van der Waals surface area (Å²) in [6, 6.07) is 6.07. The van der Waals surface area contributed by atoms with E-state index in [2.05, 4.69) is 15.5 Å². The highest BCUT2D eigenvalue weighted by molar-refractivity contribution is 6.31. The summed E-state index contributed by atoms with van der Waals surface area (Å²) in [7, 11) is 1.33. The lowest BCUT2D eigenvalue weighted by Gasteiger charge is -2.39. The third kappa shape index (κ3) is 4.11. The number of carbonyl (C=O) groups is 2. The molecule has 3 aliphatic rings. The number of nitrogens with one attached hydrogen (secondary N) is 2. The number of halogens is 1. The molecule has 2 amide bonds. The number of hydrogen-bond donors (Lipinski definition) is 2. The average Bonchev–Trinajstić information content (AvgIpc) is 3.17. The first-order chi connectivity index (χ1) is 14.0. The highest BCUT2D eigenvalue weighted by Gasteiger charge is 2.41. The van der Waals surface area contributed by atoms with Crippen LogP contribution in [0.4, 0.5) is 4.79 Å². The van der Waals surface area contributed by atoms with Crippen LogP contribution in [0.1, 0.15) is 24.4 Å². The minimum Gasteiger partial charge on any atom is -0.466 e. The van der Waals surface area contributed by atoms with Crippen molar-refractivity contribution >= 4 is 23.6 Å². The number of carbonyl (C=O) groups excluding carboxylic acids is 2. The quantitative estimate of drug-likeness (QED) is 0.722. The number of urea groups is 1. The van der Waals surface area contributed by atoms with Gasteiger partial charge in [-0.15, -0.1) is 0 Å². The molecule has 4 rings (SSSR count). The van der Waals surface area contributed by atoms with Crippen molar-refractivity contribution in [2.75, 3.05) is 40.0 Å². The number of benzene rings is 1. The Balaban J connectivity index is 1.60. The van der Waals surface area contributed by atoms with E-state index in [1.807, 2.05) is 6.07 Å². The van der Waals surface area contributed by atoms with Crippen molar-refractivity contribution in [1.82, 2.24) is 15.5 Å². The molecule has 0 radical (unpaired) electrons. The van der Waals surface area contributed by atoms with Crippen LogP contribution >= 0.6 is 11.6 Å². The molecular formula is C20H24ClN3O5. The summed E-state index contributed by atoms with van der Waals surface area (Å²) in [6.45, 7) is 3.13. The Morgan fingerprint density at radius 1 is 1.28 bits per heavy atom. The van der Waals surface area contributed by atoms with E-state index in [-0.39, 0.29) is 6.03 Å². The maximum atomic E-state index is 12.7. The van der Waals surface area contributed by atoms with E-state index in [0.717, 1.165) is 25.9 Å². The van der Waals surface area contributed by atoms with Crippen LogP contribution in [-0.2, 0) is 19.0 Å². The molecule has 1 aromatic rings. The van der Waals surface area contributed by atoms with Crippen molar-refractivity contribution in [2.24, 2.45) is 0 Å². The molecule has 2 fully saturated rings. The van der Waals surface area contributed by atoms with E-state index in [9.17, 15) is 9.59 Å².